The number of amides is 1. The lowest BCUT2D eigenvalue weighted by Crippen LogP contribution is -2.15. The molecular weight excluding hydrogens is 335 g/mol. The molecule has 0 aliphatic heterocycles. The summed E-state index contributed by atoms with van der Waals surface area (Å²) < 4.78 is 14.4. The molecule has 0 bridgehead atoms. The number of unbranched alkanes of at least 4 members (excludes halogenated alkanes) is 1. The van der Waals surface area contributed by atoms with Crippen LogP contribution < -0.4 is 10.6 Å². The molecule has 0 unspecified atom stereocenters. The molecule has 0 aliphatic rings. The molecule has 0 saturated carbocycles. The fourth-order valence-corrected chi connectivity index (χ4v) is 3.32. The van der Waals surface area contributed by atoms with Crippen molar-refractivity contribution in [3.63, 3.8) is 0 Å². The molecule has 2 rings (SSSR count). The van der Waals surface area contributed by atoms with Crippen molar-refractivity contribution in [1.29, 1.82) is 0 Å². The van der Waals surface area contributed by atoms with Crippen LogP contribution in [0.15, 0.2) is 22.5 Å². The fraction of sp³-hybridized carbons (Fsp3) is 0.400. The maximum atomic E-state index is 13.7. The molecule has 0 fully saturated rings. The van der Waals surface area contributed by atoms with E-state index >= 15 is 0 Å². The van der Waals surface area contributed by atoms with Gasteiger partial charge in [-0.3, -0.25) is 4.79 Å². The van der Waals surface area contributed by atoms with Crippen molar-refractivity contribution in [2.24, 2.45) is 0 Å². The van der Waals surface area contributed by atoms with Gasteiger partial charge in [-0.15, -0.1) is 10.2 Å². The SMILES string of the molecule is CCCCNc1nnc(SCC(=O)Nc2ccc(C)cc2F)s1. The number of hydrogen-bond donors (Lipinski definition) is 2. The van der Waals surface area contributed by atoms with E-state index in [-0.39, 0.29) is 17.3 Å². The van der Waals surface area contributed by atoms with Crippen LogP contribution in [0.4, 0.5) is 15.2 Å². The third-order valence-corrected chi connectivity index (χ3v) is 4.95. The maximum Gasteiger partial charge on any atom is 0.234 e. The molecule has 0 spiro atoms. The van der Waals surface area contributed by atoms with Gasteiger partial charge in [0, 0.05) is 6.54 Å². The molecule has 0 atom stereocenters. The van der Waals surface area contributed by atoms with Crippen LogP contribution in [0.1, 0.15) is 25.3 Å². The van der Waals surface area contributed by atoms with Crippen LogP contribution in [0, 0.1) is 12.7 Å². The predicted octanol–water partition coefficient (Wildman–Crippen LogP) is 3.93. The lowest BCUT2D eigenvalue weighted by Gasteiger charge is -2.06. The summed E-state index contributed by atoms with van der Waals surface area (Å²) in [6.45, 7) is 4.79. The van der Waals surface area contributed by atoms with E-state index in [0.717, 1.165) is 30.1 Å². The highest BCUT2D eigenvalue weighted by Gasteiger charge is 2.10. The van der Waals surface area contributed by atoms with Gasteiger partial charge in [0.25, 0.3) is 0 Å². The molecule has 1 aromatic heterocycles. The monoisotopic (exact) mass is 354 g/mol. The van der Waals surface area contributed by atoms with Crippen molar-refractivity contribution in [3.8, 4) is 0 Å². The molecule has 8 heteroatoms. The number of rotatable bonds is 8. The van der Waals surface area contributed by atoms with E-state index in [0.29, 0.717) is 4.34 Å². The zero-order valence-electron chi connectivity index (χ0n) is 13.1. The van der Waals surface area contributed by atoms with Crippen molar-refractivity contribution < 1.29 is 9.18 Å². The first-order valence-electron chi connectivity index (χ1n) is 7.34. The average Bonchev–Trinajstić information content (AvgIpc) is 2.96. The Bertz CT molecular complexity index is 663. The summed E-state index contributed by atoms with van der Waals surface area (Å²) in [5.41, 5.74) is 1.01. The van der Waals surface area contributed by atoms with Gasteiger partial charge in [0.1, 0.15) is 5.82 Å². The standard InChI is InChI=1S/C15H19FN4OS2/c1-3-4-7-17-14-19-20-15(23-14)22-9-13(21)18-12-6-5-10(2)8-11(12)16/h5-6,8H,3-4,7,9H2,1-2H3,(H,17,19)(H,18,21). The van der Waals surface area contributed by atoms with Crippen molar-refractivity contribution in [2.75, 3.05) is 22.9 Å². The Balaban J connectivity index is 1.80. The normalized spacial score (nSPS) is 10.6. The molecule has 5 nitrogen and oxygen atoms in total. The second-order valence-corrected chi connectivity index (χ2v) is 7.17. The van der Waals surface area contributed by atoms with Gasteiger partial charge in [-0.2, -0.15) is 0 Å². The Morgan fingerprint density at radius 3 is 2.96 bits per heavy atom. The van der Waals surface area contributed by atoms with E-state index in [1.54, 1.807) is 19.1 Å². The molecule has 124 valence electrons. The zero-order chi connectivity index (χ0) is 16.7. The van der Waals surface area contributed by atoms with E-state index in [4.69, 9.17) is 0 Å². The lowest BCUT2D eigenvalue weighted by atomic mass is 10.2. The van der Waals surface area contributed by atoms with Crippen LogP contribution in [0.5, 0.6) is 0 Å². The zero-order valence-corrected chi connectivity index (χ0v) is 14.7. The number of aromatic nitrogens is 2. The summed E-state index contributed by atoms with van der Waals surface area (Å²) in [5.74, 6) is -0.535. The molecule has 0 saturated heterocycles. The first-order valence-corrected chi connectivity index (χ1v) is 9.15. The number of hydrogen-bond acceptors (Lipinski definition) is 6. The number of carbonyl (C=O) groups excluding carboxylic acids is 1. The van der Waals surface area contributed by atoms with Crippen molar-refractivity contribution in [3.05, 3.63) is 29.6 Å². The molecular formula is C15H19FN4OS2. The second-order valence-electron chi connectivity index (χ2n) is 4.97. The van der Waals surface area contributed by atoms with Gasteiger partial charge < -0.3 is 10.6 Å². The lowest BCUT2D eigenvalue weighted by molar-refractivity contribution is -0.113. The number of nitrogens with one attached hydrogen (secondary N) is 2. The molecule has 2 aromatic rings. The number of anilines is 2. The van der Waals surface area contributed by atoms with Gasteiger partial charge in [-0.05, 0) is 31.0 Å². The first kappa shape index (κ1) is 17.7. The fourth-order valence-electron chi connectivity index (χ4n) is 1.75. The quantitative estimate of drug-likeness (QED) is 0.555. The number of nitrogens with zero attached hydrogens (tertiary/aromatic N) is 2. The second kappa shape index (κ2) is 8.83. The van der Waals surface area contributed by atoms with Gasteiger partial charge in [-0.1, -0.05) is 42.5 Å². The number of aryl methyl sites for hydroxylation is 1. The van der Waals surface area contributed by atoms with E-state index in [1.165, 1.54) is 29.2 Å². The average molecular weight is 354 g/mol. The maximum absolute atomic E-state index is 13.7. The van der Waals surface area contributed by atoms with E-state index in [1.807, 2.05) is 0 Å². The summed E-state index contributed by atoms with van der Waals surface area (Å²) in [6.07, 6.45) is 2.19. The molecule has 0 radical (unpaired) electrons. The van der Waals surface area contributed by atoms with Crippen LogP contribution >= 0.6 is 23.1 Å². The molecule has 23 heavy (non-hydrogen) atoms. The van der Waals surface area contributed by atoms with E-state index in [9.17, 15) is 9.18 Å². The third-order valence-electron chi connectivity index (χ3n) is 2.94. The number of thioether (sulfide) groups is 1. The van der Waals surface area contributed by atoms with Crippen LogP contribution in [0.2, 0.25) is 0 Å². The minimum Gasteiger partial charge on any atom is -0.360 e. The Hall–Kier alpha value is -1.67. The Kier molecular flexibility index (Phi) is 6.79. The molecule has 2 N–H and O–H groups in total. The highest BCUT2D eigenvalue weighted by atomic mass is 32.2. The number of carbonyl (C=O) groups is 1. The van der Waals surface area contributed by atoms with Crippen LogP contribution in [0.25, 0.3) is 0 Å². The van der Waals surface area contributed by atoms with Gasteiger partial charge in [-0.25, -0.2) is 4.39 Å². The molecule has 1 heterocycles. The molecule has 1 amide bonds. The van der Waals surface area contributed by atoms with Crippen LogP contribution in [-0.2, 0) is 4.79 Å². The Morgan fingerprint density at radius 1 is 1.39 bits per heavy atom. The van der Waals surface area contributed by atoms with Gasteiger partial charge in [0.15, 0.2) is 4.34 Å². The molecule has 1 aromatic carbocycles. The Morgan fingerprint density at radius 2 is 2.22 bits per heavy atom. The summed E-state index contributed by atoms with van der Waals surface area (Å²) in [7, 11) is 0. The largest absolute Gasteiger partial charge is 0.360 e. The van der Waals surface area contributed by atoms with Crippen LogP contribution in [-0.4, -0.2) is 28.4 Å². The van der Waals surface area contributed by atoms with Gasteiger partial charge in [0.05, 0.1) is 11.4 Å². The van der Waals surface area contributed by atoms with Crippen molar-refractivity contribution in [2.45, 2.75) is 31.0 Å². The third kappa shape index (κ3) is 5.80. The smallest absolute Gasteiger partial charge is 0.234 e. The van der Waals surface area contributed by atoms with Crippen molar-refractivity contribution in [1.82, 2.24) is 10.2 Å². The van der Waals surface area contributed by atoms with Gasteiger partial charge >= 0.3 is 0 Å². The number of halogens is 1. The Labute approximate surface area is 143 Å². The van der Waals surface area contributed by atoms with Gasteiger partial charge in [0.2, 0.25) is 11.0 Å². The summed E-state index contributed by atoms with van der Waals surface area (Å²) >= 11 is 2.70. The van der Waals surface area contributed by atoms with E-state index in [2.05, 4.69) is 27.8 Å². The molecule has 0 aliphatic carbocycles. The minimum atomic E-state index is -0.429. The van der Waals surface area contributed by atoms with Crippen molar-refractivity contribution >= 4 is 39.8 Å². The first-order chi connectivity index (χ1) is 11.1. The summed E-state index contributed by atoms with van der Waals surface area (Å²) in [4.78, 5) is 11.9. The topological polar surface area (TPSA) is 66.9 Å². The highest BCUT2D eigenvalue weighted by Crippen LogP contribution is 2.25. The highest BCUT2D eigenvalue weighted by molar-refractivity contribution is 8.01. The summed E-state index contributed by atoms with van der Waals surface area (Å²) in [6, 6.07) is 4.71. The number of benzene rings is 1. The van der Waals surface area contributed by atoms with E-state index < -0.39 is 5.82 Å². The summed E-state index contributed by atoms with van der Waals surface area (Å²) in [5, 5.41) is 14.5. The van der Waals surface area contributed by atoms with Crippen LogP contribution in [0.3, 0.4) is 0 Å². The predicted molar refractivity (Wildman–Crippen MR) is 93.8 cm³/mol. The minimum absolute atomic E-state index is 0.164.